The van der Waals surface area contributed by atoms with E-state index in [4.69, 9.17) is 0 Å². The second kappa shape index (κ2) is 6.32. The molecule has 1 aliphatic heterocycles. The first-order valence-electron chi connectivity index (χ1n) is 7.95. The van der Waals surface area contributed by atoms with Crippen LogP contribution in [0.4, 0.5) is 5.13 Å². The van der Waals surface area contributed by atoms with Crippen LogP contribution in [0.15, 0.2) is 0 Å². The summed E-state index contributed by atoms with van der Waals surface area (Å²) >= 11 is 1.45. The third-order valence-electron chi connectivity index (χ3n) is 4.16. The molecular formula is C15H22N4O2S. The number of amides is 2. The summed E-state index contributed by atoms with van der Waals surface area (Å²) < 4.78 is 0. The molecule has 2 amide bonds. The Morgan fingerprint density at radius 3 is 2.86 bits per heavy atom. The van der Waals surface area contributed by atoms with Crippen LogP contribution in [-0.4, -0.2) is 40.0 Å². The lowest BCUT2D eigenvalue weighted by Gasteiger charge is -2.17. The van der Waals surface area contributed by atoms with Gasteiger partial charge in [-0.25, -0.2) is 0 Å². The van der Waals surface area contributed by atoms with Crippen molar-refractivity contribution >= 4 is 28.3 Å². The van der Waals surface area contributed by atoms with Gasteiger partial charge in [-0.2, -0.15) is 0 Å². The number of hydrogen-bond donors (Lipinski definition) is 1. The molecular weight excluding hydrogens is 300 g/mol. The Morgan fingerprint density at radius 2 is 2.18 bits per heavy atom. The predicted molar refractivity (Wildman–Crippen MR) is 84.7 cm³/mol. The smallest absolute Gasteiger partial charge is 0.231 e. The molecule has 7 heteroatoms. The molecule has 2 aliphatic rings. The van der Waals surface area contributed by atoms with E-state index < -0.39 is 0 Å². The lowest BCUT2D eigenvalue weighted by atomic mass is 10.1. The second-order valence-corrected chi connectivity index (χ2v) is 7.64. The van der Waals surface area contributed by atoms with E-state index >= 15 is 0 Å². The summed E-state index contributed by atoms with van der Waals surface area (Å²) in [7, 11) is 0. The SMILES string of the molecule is CC(C)CCN1CC(C(=O)Nc2nnc(C3CC3)s2)CC1=O. The highest BCUT2D eigenvalue weighted by Crippen LogP contribution is 2.42. The highest BCUT2D eigenvalue weighted by Gasteiger charge is 2.35. The molecule has 22 heavy (non-hydrogen) atoms. The number of likely N-dealkylation sites (tertiary alicyclic amines) is 1. The summed E-state index contributed by atoms with van der Waals surface area (Å²) in [6, 6.07) is 0. The van der Waals surface area contributed by atoms with Gasteiger partial charge >= 0.3 is 0 Å². The zero-order valence-electron chi connectivity index (χ0n) is 13.0. The van der Waals surface area contributed by atoms with Crippen molar-refractivity contribution in [3.8, 4) is 0 Å². The van der Waals surface area contributed by atoms with Crippen LogP contribution in [0.5, 0.6) is 0 Å². The molecule has 0 spiro atoms. The van der Waals surface area contributed by atoms with E-state index in [1.54, 1.807) is 4.90 Å². The van der Waals surface area contributed by atoms with E-state index in [9.17, 15) is 9.59 Å². The largest absolute Gasteiger partial charge is 0.342 e. The highest BCUT2D eigenvalue weighted by atomic mass is 32.1. The highest BCUT2D eigenvalue weighted by molar-refractivity contribution is 7.15. The standard InChI is InChI=1S/C15H22N4O2S/c1-9(2)5-6-19-8-11(7-12(19)20)13(21)16-15-18-17-14(22-15)10-3-4-10/h9-11H,3-8H2,1-2H3,(H,16,18,21). The first-order chi connectivity index (χ1) is 10.5. The van der Waals surface area contributed by atoms with E-state index in [0.29, 0.717) is 29.9 Å². The quantitative estimate of drug-likeness (QED) is 0.871. The number of nitrogens with zero attached hydrogens (tertiary/aromatic N) is 3. The fourth-order valence-electron chi connectivity index (χ4n) is 2.57. The molecule has 6 nitrogen and oxygen atoms in total. The fraction of sp³-hybridized carbons (Fsp3) is 0.733. The zero-order valence-corrected chi connectivity index (χ0v) is 13.9. The fourth-order valence-corrected chi connectivity index (χ4v) is 3.48. The summed E-state index contributed by atoms with van der Waals surface area (Å²) in [4.78, 5) is 26.1. The third kappa shape index (κ3) is 3.63. The van der Waals surface area contributed by atoms with Crippen LogP contribution in [0.1, 0.15) is 50.5 Å². The minimum absolute atomic E-state index is 0.0803. The maximum absolute atomic E-state index is 12.3. The molecule has 1 aromatic rings. The molecule has 1 aliphatic carbocycles. The van der Waals surface area contributed by atoms with E-state index in [1.807, 2.05) is 0 Å². The first-order valence-corrected chi connectivity index (χ1v) is 8.76. The average molecular weight is 322 g/mol. The lowest BCUT2D eigenvalue weighted by molar-refractivity contribution is -0.128. The van der Waals surface area contributed by atoms with Gasteiger partial charge in [-0.05, 0) is 25.2 Å². The Labute approximate surface area is 134 Å². The predicted octanol–water partition coefficient (Wildman–Crippen LogP) is 2.25. The summed E-state index contributed by atoms with van der Waals surface area (Å²) in [6.45, 7) is 5.53. The number of aromatic nitrogens is 2. The van der Waals surface area contributed by atoms with Gasteiger partial charge in [0.05, 0.1) is 5.92 Å². The molecule has 1 unspecified atom stereocenters. The van der Waals surface area contributed by atoms with Gasteiger partial charge in [-0.3, -0.25) is 9.59 Å². The molecule has 3 rings (SSSR count). The Hall–Kier alpha value is -1.50. The van der Waals surface area contributed by atoms with Crippen molar-refractivity contribution in [2.75, 3.05) is 18.4 Å². The molecule has 1 atom stereocenters. The maximum Gasteiger partial charge on any atom is 0.231 e. The molecule has 1 aromatic heterocycles. The average Bonchev–Trinajstić information content (AvgIpc) is 3.10. The monoisotopic (exact) mass is 322 g/mol. The number of carbonyl (C=O) groups is 2. The molecule has 0 radical (unpaired) electrons. The molecule has 0 bridgehead atoms. The Bertz CT molecular complexity index is 568. The van der Waals surface area contributed by atoms with E-state index in [0.717, 1.165) is 18.0 Å². The first kappa shape index (κ1) is 15.4. The van der Waals surface area contributed by atoms with Gasteiger partial charge < -0.3 is 10.2 Å². The van der Waals surface area contributed by atoms with Gasteiger partial charge in [0.15, 0.2) is 0 Å². The zero-order chi connectivity index (χ0) is 15.7. The third-order valence-corrected chi connectivity index (χ3v) is 5.16. The van der Waals surface area contributed by atoms with Crippen molar-refractivity contribution in [3.05, 3.63) is 5.01 Å². The molecule has 120 valence electrons. The molecule has 1 saturated carbocycles. The minimum Gasteiger partial charge on any atom is -0.342 e. The van der Waals surface area contributed by atoms with Gasteiger partial charge in [-0.15, -0.1) is 10.2 Å². The van der Waals surface area contributed by atoms with Crippen LogP contribution < -0.4 is 5.32 Å². The molecule has 1 N–H and O–H groups in total. The van der Waals surface area contributed by atoms with Crippen molar-refractivity contribution in [1.29, 1.82) is 0 Å². The number of carbonyl (C=O) groups excluding carboxylic acids is 2. The van der Waals surface area contributed by atoms with Gasteiger partial charge in [0, 0.05) is 25.4 Å². The number of hydrogen-bond acceptors (Lipinski definition) is 5. The van der Waals surface area contributed by atoms with Gasteiger partial charge in [0.2, 0.25) is 16.9 Å². The number of rotatable bonds is 6. The summed E-state index contributed by atoms with van der Waals surface area (Å²) in [5.74, 6) is 0.800. The van der Waals surface area contributed by atoms with Crippen LogP contribution in [0.3, 0.4) is 0 Å². The summed E-state index contributed by atoms with van der Waals surface area (Å²) in [5, 5.41) is 12.5. The number of anilines is 1. The Balaban J connectivity index is 1.52. The van der Waals surface area contributed by atoms with Crippen LogP contribution in [-0.2, 0) is 9.59 Å². The normalized spacial score (nSPS) is 21.7. The van der Waals surface area contributed by atoms with Crippen molar-refractivity contribution in [2.24, 2.45) is 11.8 Å². The van der Waals surface area contributed by atoms with Gasteiger partial charge in [0.1, 0.15) is 5.01 Å². The van der Waals surface area contributed by atoms with E-state index in [1.165, 1.54) is 24.2 Å². The van der Waals surface area contributed by atoms with Crippen LogP contribution in [0.2, 0.25) is 0 Å². The molecule has 0 aromatic carbocycles. The summed E-state index contributed by atoms with van der Waals surface area (Å²) in [6.07, 6.45) is 3.62. The van der Waals surface area contributed by atoms with E-state index in [2.05, 4.69) is 29.4 Å². The van der Waals surface area contributed by atoms with Crippen molar-refractivity contribution in [2.45, 2.75) is 45.4 Å². The molecule has 2 heterocycles. The van der Waals surface area contributed by atoms with Gasteiger partial charge in [0.25, 0.3) is 0 Å². The lowest BCUT2D eigenvalue weighted by Crippen LogP contribution is -2.29. The Morgan fingerprint density at radius 1 is 1.41 bits per heavy atom. The maximum atomic E-state index is 12.3. The second-order valence-electron chi connectivity index (χ2n) is 6.63. The van der Waals surface area contributed by atoms with E-state index in [-0.39, 0.29) is 17.7 Å². The van der Waals surface area contributed by atoms with Crippen molar-refractivity contribution in [1.82, 2.24) is 15.1 Å². The number of nitrogens with one attached hydrogen (secondary N) is 1. The topological polar surface area (TPSA) is 75.2 Å². The summed E-state index contributed by atoms with van der Waals surface area (Å²) in [5.41, 5.74) is 0. The molecule has 2 fully saturated rings. The van der Waals surface area contributed by atoms with Crippen molar-refractivity contribution in [3.63, 3.8) is 0 Å². The van der Waals surface area contributed by atoms with Crippen LogP contribution in [0.25, 0.3) is 0 Å². The van der Waals surface area contributed by atoms with Crippen LogP contribution >= 0.6 is 11.3 Å². The molecule has 1 saturated heterocycles. The minimum atomic E-state index is -0.270. The van der Waals surface area contributed by atoms with Crippen molar-refractivity contribution < 1.29 is 9.59 Å². The van der Waals surface area contributed by atoms with Crippen LogP contribution in [0, 0.1) is 11.8 Å². The Kier molecular flexibility index (Phi) is 4.42. The van der Waals surface area contributed by atoms with Gasteiger partial charge in [-0.1, -0.05) is 25.2 Å².